The van der Waals surface area contributed by atoms with E-state index in [4.69, 9.17) is 0 Å². The first-order valence-electron chi connectivity index (χ1n) is 9.36. The Labute approximate surface area is 160 Å². The van der Waals surface area contributed by atoms with Gasteiger partial charge in [-0.1, -0.05) is 18.9 Å². The molecule has 1 aliphatic heterocycles. The lowest BCUT2D eigenvalue weighted by molar-refractivity contribution is -0.126. The molecule has 1 aliphatic carbocycles. The molecule has 1 aromatic heterocycles. The fourth-order valence-electron chi connectivity index (χ4n) is 4.10. The highest BCUT2D eigenvalue weighted by molar-refractivity contribution is 7.86. The molecule has 1 saturated heterocycles. The van der Waals surface area contributed by atoms with E-state index in [9.17, 15) is 13.2 Å². The Balaban J connectivity index is 1.54. The average Bonchev–Trinajstić information content (AvgIpc) is 3.31. The molecule has 1 amide bonds. The molecule has 1 saturated carbocycles. The molecule has 0 atom stereocenters. The number of piperidine rings is 1. The number of nitrogens with zero attached hydrogens (tertiary/aromatic N) is 2. The minimum Gasteiger partial charge on any atom is -0.355 e. The summed E-state index contributed by atoms with van der Waals surface area (Å²) in [5, 5.41) is 5.23. The summed E-state index contributed by atoms with van der Waals surface area (Å²) in [5.74, 6) is 0.496. The molecule has 6 nitrogen and oxygen atoms in total. The zero-order valence-electron chi connectivity index (χ0n) is 15.6. The van der Waals surface area contributed by atoms with Crippen LogP contribution in [0.5, 0.6) is 0 Å². The molecular formula is C18H29N3O3S2. The number of hydrogen-bond donors (Lipinski definition) is 1. The summed E-state index contributed by atoms with van der Waals surface area (Å²) < 4.78 is 27.2. The van der Waals surface area contributed by atoms with Gasteiger partial charge in [-0.25, -0.2) is 0 Å². The number of thiophene rings is 1. The van der Waals surface area contributed by atoms with Gasteiger partial charge in [-0.3, -0.25) is 4.79 Å². The topological polar surface area (TPSA) is 69.7 Å². The molecule has 2 heterocycles. The second-order valence-corrected chi connectivity index (χ2v) is 10.7. The third-order valence-corrected chi connectivity index (χ3v) is 8.81. The van der Waals surface area contributed by atoms with Crippen molar-refractivity contribution >= 4 is 27.5 Å². The van der Waals surface area contributed by atoms with E-state index in [0.29, 0.717) is 25.6 Å². The van der Waals surface area contributed by atoms with Gasteiger partial charge < -0.3 is 5.32 Å². The molecule has 0 aromatic carbocycles. The number of carbonyl (C=O) groups excluding carboxylic acids is 1. The molecule has 3 rings (SSSR count). The number of amides is 1. The first-order valence-corrected chi connectivity index (χ1v) is 11.6. The standard InChI is InChI=1S/C18H29N3O3S2/c1-20(2)26(23,24)21-11-7-15(8-12-21)14-19-17(22)18(9-3-4-10-18)16-6-5-13-25-16/h5-6,13,15H,3-4,7-12,14H2,1-2H3,(H,19,22). The predicted octanol–water partition coefficient (Wildman–Crippen LogP) is 2.19. The Bertz CT molecular complexity index is 702. The van der Waals surface area contributed by atoms with Gasteiger partial charge in [-0.15, -0.1) is 11.3 Å². The summed E-state index contributed by atoms with van der Waals surface area (Å²) in [6.45, 7) is 1.69. The van der Waals surface area contributed by atoms with E-state index in [1.807, 2.05) is 11.4 Å². The predicted molar refractivity (Wildman–Crippen MR) is 104 cm³/mol. The minimum absolute atomic E-state index is 0.154. The molecule has 0 spiro atoms. The second kappa shape index (κ2) is 7.96. The Morgan fingerprint density at radius 3 is 2.50 bits per heavy atom. The second-order valence-electron chi connectivity index (χ2n) is 7.61. The van der Waals surface area contributed by atoms with E-state index >= 15 is 0 Å². The van der Waals surface area contributed by atoms with E-state index in [-0.39, 0.29) is 11.3 Å². The van der Waals surface area contributed by atoms with Crippen LogP contribution in [0.15, 0.2) is 17.5 Å². The molecule has 26 heavy (non-hydrogen) atoms. The summed E-state index contributed by atoms with van der Waals surface area (Å²) in [7, 11) is -0.201. The van der Waals surface area contributed by atoms with Crippen LogP contribution in [-0.4, -0.2) is 56.7 Å². The van der Waals surface area contributed by atoms with Crippen molar-refractivity contribution in [2.45, 2.75) is 43.9 Å². The van der Waals surface area contributed by atoms with Crippen molar-refractivity contribution in [3.8, 4) is 0 Å². The Kier molecular flexibility index (Phi) is 6.06. The summed E-state index contributed by atoms with van der Waals surface area (Å²) >= 11 is 1.68. The van der Waals surface area contributed by atoms with Crippen molar-refractivity contribution in [3.05, 3.63) is 22.4 Å². The average molecular weight is 400 g/mol. The first kappa shape index (κ1) is 19.8. The van der Waals surface area contributed by atoms with Crippen LogP contribution in [0.4, 0.5) is 0 Å². The number of rotatable bonds is 6. The highest BCUT2D eigenvalue weighted by Gasteiger charge is 2.43. The molecular weight excluding hydrogens is 370 g/mol. The van der Waals surface area contributed by atoms with Crippen molar-refractivity contribution in [2.75, 3.05) is 33.7 Å². The quantitative estimate of drug-likeness (QED) is 0.797. The van der Waals surface area contributed by atoms with Crippen LogP contribution in [0.25, 0.3) is 0 Å². The largest absolute Gasteiger partial charge is 0.355 e. The maximum atomic E-state index is 13.0. The van der Waals surface area contributed by atoms with Gasteiger partial charge in [-0.2, -0.15) is 17.0 Å². The van der Waals surface area contributed by atoms with E-state index in [1.165, 1.54) is 13.5 Å². The fourth-order valence-corrected chi connectivity index (χ4v) is 6.21. The maximum Gasteiger partial charge on any atom is 0.281 e. The first-order chi connectivity index (χ1) is 12.4. The van der Waals surface area contributed by atoms with Crippen molar-refractivity contribution in [2.24, 2.45) is 5.92 Å². The van der Waals surface area contributed by atoms with Gasteiger partial charge in [0.1, 0.15) is 0 Å². The Morgan fingerprint density at radius 2 is 1.96 bits per heavy atom. The maximum absolute atomic E-state index is 13.0. The summed E-state index contributed by atoms with van der Waals surface area (Å²) in [6, 6.07) is 4.11. The van der Waals surface area contributed by atoms with Gasteiger partial charge in [0.05, 0.1) is 5.41 Å². The molecule has 0 unspecified atom stereocenters. The zero-order valence-corrected chi connectivity index (χ0v) is 17.2. The van der Waals surface area contributed by atoms with Gasteiger partial charge in [0.15, 0.2) is 0 Å². The lowest BCUT2D eigenvalue weighted by atomic mass is 9.83. The minimum atomic E-state index is -3.33. The Morgan fingerprint density at radius 1 is 1.31 bits per heavy atom. The normalized spacial score (nSPS) is 22.0. The van der Waals surface area contributed by atoms with Gasteiger partial charge in [0.25, 0.3) is 10.2 Å². The highest BCUT2D eigenvalue weighted by Crippen LogP contribution is 2.43. The number of carbonyl (C=O) groups is 1. The molecule has 0 bridgehead atoms. The van der Waals surface area contributed by atoms with Crippen molar-refractivity contribution in [1.29, 1.82) is 0 Å². The van der Waals surface area contributed by atoms with Crippen molar-refractivity contribution in [3.63, 3.8) is 0 Å². The summed E-state index contributed by atoms with van der Waals surface area (Å²) in [4.78, 5) is 14.2. The lowest BCUT2D eigenvalue weighted by Gasteiger charge is -2.33. The number of hydrogen-bond acceptors (Lipinski definition) is 4. The SMILES string of the molecule is CN(C)S(=O)(=O)N1CCC(CNC(=O)C2(c3cccs3)CCCC2)CC1. The molecule has 8 heteroatoms. The fraction of sp³-hybridized carbons (Fsp3) is 0.722. The summed E-state index contributed by atoms with van der Waals surface area (Å²) in [6.07, 6.45) is 5.65. The number of nitrogens with one attached hydrogen (secondary N) is 1. The van der Waals surface area contributed by atoms with Crippen molar-refractivity contribution in [1.82, 2.24) is 13.9 Å². The third kappa shape index (κ3) is 3.83. The van der Waals surface area contributed by atoms with Crippen LogP contribution in [0, 0.1) is 5.92 Å². The summed E-state index contributed by atoms with van der Waals surface area (Å²) in [5.41, 5.74) is -0.344. The van der Waals surface area contributed by atoms with Gasteiger partial charge >= 0.3 is 0 Å². The van der Waals surface area contributed by atoms with Crippen LogP contribution < -0.4 is 5.32 Å². The van der Waals surface area contributed by atoms with Crippen molar-refractivity contribution < 1.29 is 13.2 Å². The van der Waals surface area contributed by atoms with Crippen LogP contribution >= 0.6 is 11.3 Å². The monoisotopic (exact) mass is 399 g/mol. The molecule has 0 radical (unpaired) electrons. The highest BCUT2D eigenvalue weighted by atomic mass is 32.2. The lowest BCUT2D eigenvalue weighted by Crippen LogP contribution is -2.47. The van der Waals surface area contributed by atoms with Gasteiger partial charge in [0.2, 0.25) is 5.91 Å². The Hall–Kier alpha value is -0.960. The smallest absolute Gasteiger partial charge is 0.281 e. The van der Waals surface area contributed by atoms with Crippen LogP contribution in [0.2, 0.25) is 0 Å². The van der Waals surface area contributed by atoms with Gasteiger partial charge in [0, 0.05) is 38.6 Å². The van der Waals surface area contributed by atoms with E-state index in [2.05, 4.69) is 11.4 Å². The molecule has 146 valence electrons. The molecule has 2 aliphatic rings. The van der Waals surface area contributed by atoms with Crippen LogP contribution in [0.1, 0.15) is 43.4 Å². The van der Waals surface area contributed by atoms with Crippen LogP contribution in [0.3, 0.4) is 0 Å². The molecule has 2 fully saturated rings. The third-order valence-electron chi connectivity index (χ3n) is 5.80. The van der Waals surface area contributed by atoms with E-state index in [1.54, 1.807) is 25.4 Å². The van der Waals surface area contributed by atoms with Gasteiger partial charge in [-0.05, 0) is 43.0 Å². The molecule has 1 N–H and O–H groups in total. The van der Waals surface area contributed by atoms with E-state index < -0.39 is 10.2 Å². The molecule has 1 aromatic rings. The zero-order chi connectivity index (χ0) is 18.8. The van der Waals surface area contributed by atoms with Crippen LogP contribution in [-0.2, 0) is 20.4 Å². The van der Waals surface area contributed by atoms with E-state index in [0.717, 1.165) is 38.5 Å².